The van der Waals surface area contributed by atoms with E-state index in [0.29, 0.717) is 13.0 Å². The molecule has 3 rings (SSSR count). The molecule has 2 fully saturated rings. The lowest BCUT2D eigenvalue weighted by Crippen LogP contribution is -2.42. The number of rotatable bonds is 5. The molecule has 0 aliphatic carbocycles. The molecule has 6 nitrogen and oxygen atoms in total. The molecule has 0 radical (unpaired) electrons. The fourth-order valence-electron chi connectivity index (χ4n) is 3.58. The number of anilines is 1. The van der Waals surface area contributed by atoms with Crippen LogP contribution in [0.1, 0.15) is 31.2 Å². The maximum atomic E-state index is 12.6. The predicted molar refractivity (Wildman–Crippen MR) is 94.2 cm³/mol. The van der Waals surface area contributed by atoms with Gasteiger partial charge in [0.2, 0.25) is 15.9 Å². The van der Waals surface area contributed by atoms with E-state index >= 15 is 0 Å². The first-order chi connectivity index (χ1) is 11.4. The lowest BCUT2D eigenvalue weighted by atomic mass is 10.1. The van der Waals surface area contributed by atoms with Gasteiger partial charge in [0.1, 0.15) is 6.04 Å². The Labute approximate surface area is 143 Å². The van der Waals surface area contributed by atoms with E-state index in [4.69, 9.17) is 0 Å². The molecule has 132 valence electrons. The van der Waals surface area contributed by atoms with E-state index in [-0.39, 0.29) is 5.91 Å². The fraction of sp³-hybridized carbons (Fsp3) is 0.588. The predicted octanol–water partition coefficient (Wildman–Crippen LogP) is 1.64. The topological polar surface area (TPSA) is 69.7 Å². The van der Waals surface area contributed by atoms with Gasteiger partial charge in [0, 0.05) is 18.8 Å². The normalized spacial score (nSPS) is 22.8. The van der Waals surface area contributed by atoms with E-state index < -0.39 is 16.1 Å². The largest absolute Gasteiger partial charge is 0.324 e. The number of nitrogens with one attached hydrogen (secondary N) is 1. The molecule has 2 heterocycles. The van der Waals surface area contributed by atoms with Gasteiger partial charge in [0.05, 0.1) is 6.26 Å². The van der Waals surface area contributed by atoms with Crippen LogP contribution in [0.15, 0.2) is 24.3 Å². The van der Waals surface area contributed by atoms with E-state index in [9.17, 15) is 13.2 Å². The number of nitrogens with zero attached hydrogens (tertiary/aromatic N) is 2. The Morgan fingerprint density at radius 2 is 1.88 bits per heavy atom. The van der Waals surface area contributed by atoms with Crippen LogP contribution >= 0.6 is 0 Å². The smallest absolute Gasteiger partial charge is 0.242 e. The van der Waals surface area contributed by atoms with Crippen LogP contribution in [-0.4, -0.2) is 55.5 Å². The van der Waals surface area contributed by atoms with E-state index in [1.807, 2.05) is 24.3 Å². The van der Waals surface area contributed by atoms with Gasteiger partial charge in [-0.05, 0) is 50.4 Å². The monoisotopic (exact) mass is 351 g/mol. The standard InChI is InChI=1S/C17H25N3O3S/c1-24(22,23)20-12-6-9-16(20)17(21)18-15-8-3-2-7-14(15)13-19-10-4-5-11-19/h2-3,7-8,16H,4-6,9-13H2,1H3,(H,18,21)/t16-/m0/s1. The Bertz CT molecular complexity index is 699. The Balaban J connectivity index is 1.72. The number of sulfonamides is 1. The number of benzene rings is 1. The number of likely N-dealkylation sites (tertiary alicyclic amines) is 1. The summed E-state index contributed by atoms with van der Waals surface area (Å²) in [4.78, 5) is 15.0. The van der Waals surface area contributed by atoms with Crippen LogP contribution in [0.3, 0.4) is 0 Å². The molecule has 0 aromatic heterocycles. The quantitative estimate of drug-likeness (QED) is 0.876. The van der Waals surface area contributed by atoms with Gasteiger partial charge in [-0.3, -0.25) is 9.69 Å². The van der Waals surface area contributed by atoms with Crippen LogP contribution in [0.4, 0.5) is 5.69 Å². The van der Waals surface area contributed by atoms with Gasteiger partial charge < -0.3 is 5.32 Å². The van der Waals surface area contributed by atoms with E-state index in [2.05, 4.69) is 10.2 Å². The first-order valence-corrected chi connectivity index (χ1v) is 10.4. The first kappa shape index (κ1) is 17.4. The average molecular weight is 351 g/mol. The van der Waals surface area contributed by atoms with Gasteiger partial charge in [-0.2, -0.15) is 4.31 Å². The molecule has 7 heteroatoms. The van der Waals surface area contributed by atoms with Crippen LogP contribution in [0, 0.1) is 0 Å². The number of para-hydroxylation sites is 1. The van der Waals surface area contributed by atoms with Crippen LogP contribution in [0.2, 0.25) is 0 Å². The molecule has 0 saturated carbocycles. The molecule has 0 spiro atoms. The Morgan fingerprint density at radius 1 is 1.17 bits per heavy atom. The maximum Gasteiger partial charge on any atom is 0.242 e. The Kier molecular flexibility index (Phi) is 5.22. The Morgan fingerprint density at radius 3 is 2.58 bits per heavy atom. The molecule has 0 bridgehead atoms. The molecule has 1 atom stereocenters. The lowest BCUT2D eigenvalue weighted by molar-refractivity contribution is -0.119. The van der Waals surface area contributed by atoms with Gasteiger partial charge in [-0.25, -0.2) is 8.42 Å². The highest BCUT2D eigenvalue weighted by Gasteiger charge is 2.36. The maximum absolute atomic E-state index is 12.6. The summed E-state index contributed by atoms with van der Waals surface area (Å²) in [5.74, 6) is -0.230. The van der Waals surface area contributed by atoms with E-state index in [1.165, 1.54) is 23.4 Å². The zero-order valence-electron chi connectivity index (χ0n) is 14.1. The van der Waals surface area contributed by atoms with E-state index in [0.717, 1.165) is 37.3 Å². The zero-order chi connectivity index (χ0) is 17.2. The zero-order valence-corrected chi connectivity index (χ0v) is 14.9. The summed E-state index contributed by atoms with van der Waals surface area (Å²) in [5.41, 5.74) is 1.87. The van der Waals surface area contributed by atoms with Crippen LogP contribution in [0.25, 0.3) is 0 Å². The lowest BCUT2D eigenvalue weighted by Gasteiger charge is -2.23. The molecule has 2 saturated heterocycles. The number of carbonyl (C=O) groups is 1. The molecular formula is C17H25N3O3S. The van der Waals surface area contributed by atoms with Gasteiger partial charge >= 0.3 is 0 Å². The molecule has 24 heavy (non-hydrogen) atoms. The molecule has 1 aromatic rings. The number of carbonyl (C=O) groups excluding carboxylic acids is 1. The van der Waals surface area contributed by atoms with Crippen LogP contribution < -0.4 is 5.32 Å². The van der Waals surface area contributed by atoms with Crippen molar-refractivity contribution in [3.63, 3.8) is 0 Å². The molecule has 1 N–H and O–H groups in total. The minimum Gasteiger partial charge on any atom is -0.324 e. The minimum atomic E-state index is -3.35. The molecule has 2 aliphatic heterocycles. The van der Waals surface area contributed by atoms with Gasteiger partial charge in [0.25, 0.3) is 0 Å². The van der Waals surface area contributed by atoms with Crippen molar-refractivity contribution in [2.45, 2.75) is 38.3 Å². The molecule has 1 amide bonds. The van der Waals surface area contributed by atoms with Gasteiger partial charge in [0.15, 0.2) is 0 Å². The van der Waals surface area contributed by atoms with Crippen molar-refractivity contribution in [2.75, 3.05) is 31.2 Å². The van der Waals surface area contributed by atoms with Crippen LogP contribution in [-0.2, 0) is 21.4 Å². The highest BCUT2D eigenvalue weighted by atomic mass is 32.2. The second-order valence-electron chi connectivity index (χ2n) is 6.66. The fourth-order valence-corrected chi connectivity index (χ4v) is 4.70. The average Bonchev–Trinajstić information content (AvgIpc) is 3.19. The van der Waals surface area contributed by atoms with Crippen molar-refractivity contribution < 1.29 is 13.2 Å². The summed E-state index contributed by atoms with van der Waals surface area (Å²) in [6.45, 7) is 3.42. The summed E-state index contributed by atoms with van der Waals surface area (Å²) in [5, 5.41) is 2.96. The van der Waals surface area contributed by atoms with Gasteiger partial charge in [-0.1, -0.05) is 18.2 Å². The third kappa shape index (κ3) is 3.96. The van der Waals surface area contributed by atoms with Crippen molar-refractivity contribution >= 4 is 21.6 Å². The molecule has 0 unspecified atom stereocenters. The summed E-state index contributed by atoms with van der Waals surface area (Å²) in [7, 11) is -3.35. The summed E-state index contributed by atoms with van der Waals surface area (Å²) < 4.78 is 25.0. The summed E-state index contributed by atoms with van der Waals surface area (Å²) >= 11 is 0. The summed E-state index contributed by atoms with van der Waals surface area (Å²) in [6.07, 6.45) is 4.91. The highest BCUT2D eigenvalue weighted by Crippen LogP contribution is 2.24. The highest BCUT2D eigenvalue weighted by molar-refractivity contribution is 7.88. The van der Waals surface area contributed by atoms with Crippen molar-refractivity contribution in [2.24, 2.45) is 0 Å². The molecular weight excluding hydrogens is 326 g/mol. The third-order valence-corrected chi connectivity index (χ3v) is 6.09. The van der Waals surface area contributed by atoms with Crippen molar-refractivity contribution in [3.8, 4) is 0 Å². The van der Waals surface area contributed by atoms with E-state index in [1.54, 1.807) is 0 Å². The SMILES string of the molecule is CS(=O)(=O)N1CCC[C@H]1C(=O)Nc1ccccc1CN1CCCC1. The van der Waals surface area contributed by atoms with Crippen LogP contribution in [0.5, 0.6) is 0 Å². The number of hydrogen-bond donors (Lipinski definition) is 1. The third-order valence-electron chi connectivity index (χ3n) is 4.80. The van der Waals surface area contributed by atoms with Gasteiger partial charge in [-0.15, -0.1) is 0 Å². The summed E-state index contributed by atoms with van der Waals surface area (Å²) in [6, 6.07) is 7.19. The number of hydrogen-bond acceptors (Lipinski definition) is 4. The Hall–Kier alpha value is -1.44. The van der Waals surface area contributed by atoms with Crippen molar-refractivity contribution in [1.82, 2.24) is 9.21 Å². The van der Waals surface area contributed by atoms with Crippen molar-refractivity contribution in [3.05, 3.63) is 29.8 Å². The van der Waals surface area contributed by atoms with Crippen molar-refractivity contribution in [1.29, 1.82) is 0 Å². The molecule has 2 aliphatic rings. The second kappa shape index (κ2) is 7.21. The second-order valence-corrected chi connectivity index (χ2v) is 8.60. The number of amides is 1. The first-order valence-electron chi connectivity index (χ1n) is 8.53. The molecule has 1 aromatic carbocycles. The minimum absolute atomic E-state index is 0.230.